The van der Waals surface area contributed by atoms with Gasteiger partial charge in [-0.15, -0.1) is 0 Å². The second-order valence-corrected chi connectivity index (χ2v) is 8.43. The maximum atomic E-state index is 12.0. The third-order valence-corrected chi connectivity index (χ3v) is 4.37. The molecule has 0 spiro atoms. The van der Waals surface area contributed by atoms with Crippen LogP contribution in [0, 0.1) is 11.8 Å². The van der Waals surface area contributed by atoms with E-state index in [1.807, 2.05) is 34.6 Å². The van der Waals surface area contributed by atoms with Crippen molar-refractivity contribution < 1.29 is 23.9 Å². The summed E-state index contributed by atoms with van der Waals surface area (Å²) < 4.78 is 10.3. The molecule has 28 heavy (non-hydrogen) atoms. The summed E-state index contributed by atoms with van der Waals surface area (Å²) in [5.41, 5.74) is -0.516. The smallest absolute Gasteiger partial charge is 0.410 e. The van der Waals surface area contributed by atoms with E-state index in [2.05, 4.69) is 5.32 Å². The Labute approximate surface area is 170 Å². The lowest BCUT2D eigenvalue weighted by atomic mass is 9.98. The Bertz CT molecular complexity index is 488. The standard InChI is InChI=1S/C21H40N2O5/c1-8-17(14-19(25)27-9-2)12-13-22-18(24)11-10-16(3)15-23(7)20(26)28-21(4,5)6/h16-17H,8-15H2,1-7H3,(H,22,24). The molecule has 0 bridgehead atoms. The molecule has 0 aliphatic rings. The van der Waals surface area contributed by atoms with Gasteiger partial charge in [0, 0.05) is 33.0 Å². The van der Waals surface area contributed by atoms with Crippen molar-refractivity contribution in [2.45, 2.75) is 79.2 Å². The van der Waals surface area contributed by atoms with Crippen molar-refractivity contribution in [1.29, 1.82) is 0 Å². The lowest BCUT2D eigenvalue weighted by molar-refractivity contribution is -0.144. The summed E-state index contributed by atoms with van der Waals surface area (Å²) in [7, 11) is 1.71. The van der Waals surface area contributed by atoms with E-state index in [-0.39, 0.29) is 29.8 Å². The Morgan fingerprint density at radius 3 is 2.29 bits per heavy atom. The number of carbonyl (C=O) groups excluding carboxylic acids is 3. The summed E-state index contributed by atoms with van der Waals surface area (Å²) in [6.45, 7) is 12.9. The molecule has 2 unspecified atom stereocenters. The Kier molecular flexibility index (Phi) is 12.5. The van der Waals surface area contributed by atoms with Gasteiger partial charge >= 0.3 is 12.1 Å². The average molecular weight is 401 g/mol. The van der Waals surface area contributed by atoms with Crippen LogP contribution in [0.2, 0.25) is 0 Å². The highest BCUT2D eigenvalue weighted by molar-refractivity contribution is 5.75. The number of rotatable bonds is 12. The second-order valence-electron chi connectivity index (χ2n) is 8.43. The number of carbonyl (C=O) groups is 3. The molecule has 0 aromatic heterocycles. The molecule has 0 fully saturated rings. The first-order valence-corrected chi connectivity index (χ1v) is 10.3. The third kappa shape index (κ3) is 13.4. The molecule has 0 aliphatic heterocycles. The van der Waals surface area contributed by atoms with E-state index < -0.39 is 5.60 Å². The van der Waals surface area contributed by atoms with E-state index in [1.165, 1.54) is 0 Å². The number of esters is 1. The molecule has 2 atom stereocenters. The number of ether oxygens (including phenoxy) is 2. The minimum Gasteiger partial charge on any atom is -0.466 e. The molecule has 2 amide bonds. The van der Waals surface area contributed by atoms with Gasteiger partial charge in [0.25, 0.3) is 0 Å². The van der Waals surface area contributed by atoms with E-state index in [4.69, 9.17) is 9.47 Å². The van der Waals surface area contributed by atoms with Crippen LogP contribution >= 0.6 is 0 Å². The lowest BCUT2D eigenvalue weighted by Crippen LogP contribution is -2.36. The van der Waals surface area contributed by atoms with Gasteiger partial charge in [-0.3, -0.25) is 9.59 Å². The Morgan fingerprint density at radius 2 is 1.75 bits per heavy atom. The summed E-state index contributed by atoms with van der Waals surface area (Å²) >= 11 is 0. The van der Waals surface area contributed by atoms with Crippen molar-refractivity contribution >= 4 is 18.0 Å². The number of hydrogen-bond donors (Lipinski definition) is 1. The van der Waals surface area contributed by atoms with Crippen LogP contribution in [0.4, 0.5) is 4.79 Å². The lowest BCUT2D eigenvalue weighted by Gasteiger charge is -2.26. The van der Waals surface area contributed by atoms with Crippen molar-refractivity contribution in [1.82, 2.24) is 10.2 Å². The van der Waals surface area contributed by atoms with E-state index in [9.17, 15) is 14.4 Å². The molecule has 0 rings (SSSR count). The van der Waals surface area contributed by atoms with E-state index in [0.717, 1.165) is 12.8 Å². The zero-order valence-electron chi connectivity index (χ0n) is 18.8. The van der Waals surface area contributed by atoms with Crippen LogP contribution in [0.25, 0.3) is 0 Å². The molecule has 0 saturated heterocycles. The fourth-order valence-corrected chi connectivity index (χ4v) is 2.76. The molecular formula is C21H40N2O5. The van der Waals surface area contributed by atoms with Crippen LogP contribution in [0.5, 0.6) is 0 Å². The van der Waals surface area contributed by atoms with Gasteiger partial charge in [0.2, 0.25) is 5.91 Å². The van der Waals surface area contributed by atoms with Crippen LogP contribution in [0.1, 0.15) is 73.6 Å². The van der Waals surface area contributed by atoms with Crippen LogP contribution in [-0.2, 0) is 19.1 Å². The summed E-state index contributed by atoms with van der Waals surface area (Å²) in [6.07, 6.45) is 2.79. The van der Waals surface area contributed by atoms with E-state index in [0.29, 0.717) is 39.0 Å². The van der Waals surface area contributed by atoms with Gasteiger partial charge in [0.1, 0.15) is 5.60 Å². The van der Waals surface area contributed by atoms with Gasteiger partial charge in [0.05, 0.1) is 6.61 Å². The van der Waals surface area contributed by atoms with Crippen LogP contribution in [0.15, 0.2) is 0 Å². The number of amides is 2. The molecule has 0 aromatic carbocycles. The van der Waals surface area contributed by atoms with Gasteiger partial charge in [-0.25, -0.2) is 4.79 Å². The average Bonchev–Trinajstić information content (AvgIpc) is 2.57. The first-order chi connectivity index (χ1) is 13.0. The monoisotopic (exact) mass is 400 g/mol. The highest BCUT2D eigenvalue weighted by Gasteiger charge is 2.21. The molecule has 0 heterocycles. The minimum atomic E-state index is -0.516. The highest BCUT2D eigenvalue weighted by Crippen LogP contribution is 2.14. The Hall–Kier alpha value is -1.79. The van der Waals surface area contributed by atoms with Gasteiger partial charge in [0.15, 0.2) is 0 Å². The predicted octanol–water partition coefficient (Wildman–Crippen LogP) is 3.76. The number of nitrogens with zero attached hydrogens (tertiary/aromatic N) is 1. The van der Waals surface area contributed by atoms with Crippen molar-refractivity contribution in [2.75, 3.05) is 26.7 Å². The van der Waals surface area contributed by atoms with Gasteiger partial charge in [-0.05, 0) is 52.4 Å². The molecule has 164 valence electrons. The van der Waals surface area contributed by atoms with Crippen molar-refractivity contribution in [3.63, 3.8) is 0 Å². The molecule has 0 radical (unpaired) electrons. The molecule has 7 heteroatoms. The zero-order chi connectivity index (χ0) is 21.7. The zero-order valence-corrected chi connectivity index (χ0v) is 18.8. The summed E-state index contributed by atoms with van der Waals surface area (Å²) in [5, 5.41) is 2.92. The van der Waals surface area contributed by atoms with Crippen molar-refractivity contribution in [3.8, 4) is 0 Å². The summed E-state index contributed by atoms with van der Waals surface area (Å²) in [4.78, 5) is 37.1. The van der Waals surface area contributed by atoms with Crippen LogP contribution in [-0.4, -0.2) is 55.2 Å². The van der Waals surface area contributed by atoms with Crippen molar-refractivity contribution in [3.05, 3.63) is 0 Å². The molecule has 0 aliphatic carbocycles. The molecule has 0 aromatic rings. The predicted molar refractivity (Wildman–Crippen MR) is 110 cm³/mol. The fourth-order valence-electron chi connectivity index (χ4n) is 2.76. The first kappa shape index (κ1) is 26.2. The largest absolute Gasteiger partial charge is 0.466 e. The van der Waals surface area contributed by atoms with E-state index in [1.54, 1.807) is 18.9 Å². The number of hydrogen-bond acceptors (Lipinski definition) is 5. The molecule has 1 N–H and O–H groups in total. The maximum Gasteiger partial charge on any atom is 0.410 e. The van der Waals surface area contributed by atoms with Gasteiger partial charge in [-0.2, -0.15) is 0 Å². The van der Waals surface area contributed by atoms with Gasteiger partial charge < -0.3 is 19.7 Å². The maximum absolute atomic E-state index is 12.0. The van der Waals surface area contributed by atoms with E-state index >= 15 is 0 Å². The topological polar surface area (TPSA) is 84.9 Å². The SMILES string of the molecule is CCOC(=O)CC(CC)CCNC(=O)CCC(C)CN(C)C(=O)OC(C)(C)C. The first-order valence-electron chi connectivity index (χ1n) is 10.3. The number of nitrogens with one attached hydrogen (secondary N) is 1. The Balaban J connectivity index is 4.07. The third-order valence-electron chi connectivity index (χ3n) is 4.37. The quantitative estimate of drug-likeness (QED) is 0.504. The Morgan fingerprint density at radius 1 is 1.11 bits per heavy atom. The van der Waals surface area contributed by atoms with Crippen LogP contribution in [0.3, 0.4) is 0 Å². The second kappa shape index (κ2) is 13.4. The molecule has 0 saturated carbocycles. The van der Waals surface area contributed by atoms with Crippen LogP contribution < -0.4 is 5.32 Å². The molecule has 7 nitrogen and oxygen atoms in total. The minimum absolute atomic E-state index is 0.00208. The summed E-state index contributed by atoms with van der Waals surface area (Å²) in [6, 6.07) is 0. The normalized spacial score (nSPS) is 13.4. The summed E-state index contributed by atoms with van der Waals surface area (Å²) in [5.74, 6) is 0.234. The van der Waals surface area contributed by atoms with Gasteiger partial charge in [-0.1, -0.05) is 20.3 Å². The van der Waals surface area contributed by atoms with Crippen molar-refractivity contribution in [2.24, 2.45) is 11.8 Å². The highest BCUT2D eigenvalue weighted by atomic mass is 16.6. The fraction of sp³-hybridized carbons (Fsp3) is 0.857. The molecular weight excluding hydrogens is 360 g/mol.